The molecule has 0 aliphatic rings. The molecule has 0 unspecified atom stereocenters. The normalized spacial score (nSPS) is 7.00. The summed E-state index contributed by atoms with van der Waals surface area (Å²) < 4.78 is 4.53. The Morgan fingerprint density at radius 3 is 1.33 bits per heavy atom. The first-order chi connectivity index (χ1) is 2.83. The summed E-state index contributed by atoms with van der Waals surface area (Å²) in [7, 11) is 5.61. The fourth-order valence-electron chi connectivity index (χ4n) is 0. The van der Waals surface area contributed by atoms with E-state index in [1.807, 2.05) is 14.1 Å². The van der Waals surface area contributed by atoms with E-state index in [1.54, 1.807) is 0 Å². The van der Waals surface area contributed by atoms with Gasteiger partial charge in [-0.3, -0.25) is 0 Å². The summed E-state index contributed by atoms with van der Waals surface area (Å²) in [5, 5.41) is 2.75. The van der Waals surface area contributed by atoms with Crippen molar-refractivity contribution in [2.45, 2.75) is 0 Å². The number of hydrogen-bond acceptors (Lipinski definition) is 2. The Labute approximate surface area is 45.4 Å². The van der Waals surface area contributed by atoms with Crippen LogP contribution < -0.4 is 5.32 Å². The largest absolute Gasteiger partial charge is 0.471 e. The molecule has 0 saturated carbocycles. The van der Waals surface area contributed by atoms with E-state index in [4.69, 9.17) is 0 Å². The number of hydrogen-bond donors (Lipinski definition) is 1. The molecule has 0 aliphatic carbocycles. The van der Waals surface area contributed by atoms with Crippen LogP contribution in [0.3, 0.4) is 0 Å². The molecule has 0 rings (SSSR count). The lowest BCUT2D eigenvalue weighted by Gasteiger charge is -1.62. The van der Waals surface area contributed by atoms with Gasteiger partial charge in [0.15, 0.2) is 0 Å². The van der Waals surface area contributed by atoms with Crippen molar-refractivity contribution in [3.63, 3.8) is 0 Å². The molecule has 6 heavy (non-hydrogen) atoms. The van der Waals surface area contributed by atoms with Crippen molar-refractivity contribution in [2.75, 3.05) is 14.1 Å². The minimum atomic E-state index is 0.931. The quantitative estimate of drug-likeness (QED) is 0.357. The SMILES string of the molecule is CNC.[SiH3]O[SiH3]. The van der Waals surface area contributed by atoms with Crippen molar-refractivity contribution < 1.29 is 4.12 Å². The van der Waals surface area contributed by atoms with Crippen LogP contribution in [0.15, 0.2) is 0 Å². The highest BCUT2D eigenvalue weighted by Gasteiger charge is 1.28. The Bertz CT molecular complexity index is 13.5. The summed E-state index contributed by atoms with van der Waals surface area (Å²) in [6.07, 6.45) is 0. The first-order valence-corrected chi connectivity index (χ1v) is 3.45. The van der Waals surface area contributed by atoms with Gasteiger partial charge in [0.1, 0.15) is 21.0 Å². The smallest absolute Gasteiger partial charge is 0.129 e. The van der Waals surface area contributed by atoms with Gasteiger partial charge < -0.3 is 9.43 Å². The molecule has 0 bridgehead atoms. The van der Waals surface area contributed by atoms with Gasteiger partial charge in [-0.25, -0.2) is 0 Å². The van der Waals surface area contributed by atoms with E-state index in [2.05, 4.69) is 9.43 Å². The molecule has 0 amide bonds. The first kappa shape index (κ1) is 9.61. The van der Waals surface area contributed by atoms with Gasteiger partial charge in [-0.1, -0.05) is 0 Å². The maximum Gasteiger partial charge on any atom is 0.129 e. The third-order valence-electron chi connectivity index (χ3n) is 0. The van der Waals surface area contributed by atoms with E-state index in [0.717, 1.165) is 21.0 Å². The van der Waals surface area contributed by atoms with Crippen LogP contribution in [0, 0.1) is 0 Å². The van der Waals surface area contributed by atoms with E-state index in [9.17, 15) is 0 Å². The van der Waals surface area contributed by atoms with E-state index < -0.39 is 0 Å². The molecule has 0 fully saturated rings. The predicted molar refractivity (Wildman–Crippen MR) is 35.9 cm³/mol. The average molecular weight is 123 g/mol. The second kappa shape index (κ2) is 18.3. The molecular formula is C2H13NOSi2. The summed E-state index contributed by atoms with van der Waals surface area (Å²) in [5.41, 5.74) is 0. The molecule has 2 nitrogen and oxygen atoms in total. The maximum absolute atomic E-state index is 4.53. The Kier molecular flexibility index (Phi) is 29.3. The molecule has 0 aromatic carbocycles. The third-order valence-corrected chi connectivity index (χ3v) is 0. The molecule has 0 heterocycles. The first-order valence-electron chi connectivity index (χ1n) is 1.82. The van der Waals surface area contributed by atoms with Gasteiger partial charge in [0.2, 0.25) is 0 Å². The van der Waals surface area contributed by atoms with Crippen LogP contribution in [0.1, 0.15) is 0 Å². The molecule has 0 radical (unpaired) electrons. The number of nitrogens with one attached hydrogen (secondary N) is 1. The van der Waals surface area contributed by atoms with Crippen LogP contribution in [0.5, 0.6) is 0 Å². The van der Waals surface area contributed by atoms with Crippen molar-refractivity contribution >= 4 is 21.0 Å². The zero-order valence-electron chi connectivity index (χ0n) is 4.91. The van der Waals surface area contributed by atoms with Gasteiger partial charge >= 0.3 is 0 Å². The van der Waals surface area contributed by atoms with Crippen molar-refractivity contribution in [2.24, 2.45) is 0 Å². The third kappa shape index (κ3) is 391. The zero-order valence-corrected chi connectivity index (χ0v) is 8.91. The van der Waals surface area contributed by atoms with Crippen LogP contribution in [-0.2, 0) is 4.12 Å². The molecule has 0 spiro atoms. The molecule has 0 atom stereocenters. The molecular weight excluding hydrogens is 110 g/mol. The summed E-state index contributed by atoms with van der Waals surface area (Å²) in [6, 6.07) is 0. The van der Waals surface area contributed by atoms with Gasteiger partial charge in [0, 0.05) is 0 Å². The van der Waals surface area contributed by atoms with E-state index >= 15 is 0 Å². The highest BCUT2D eigenvalue weighted by molar-refractivity contribution is 6.15. The molecule has 0 aromatic heterocycles. The molecule has 40 valence electrons. The van der Waals surface area contributed by atoms with Gasteiger partial charge in [0.25, 0.3) is 0 Å². The Balaban J connectivity index is 0. The van der Waals surface area contributed by atoms with Crippen LogP contribution in [0.25, 0.3) is 0 Å². The summed E-state index contributed by atoms with van der Waals surface area (Å²) in [5.74, 6) is 0. The van der Waals surface area contributed by atoms with E-state index in [-0.39, 0.29) is 0 Å². The predicted octanol–water partition coefficient (Wildman–Crippen LogP) is -2.60. The minimum Gasteiger partial charge on any atom is -0.471 e. The lowest BCUT2D eigenvalue weighted by molar-refractivity contribution is 0.690. The Morgan fingerprint density at radius 1 is 1.33 bits per heavy atom. The lowest BCUT2D eigenvalue weighted by atomic mass is 11.3. The molecule has 1 N–H and O–H groups in total. The summed E-state index contributed by atoms with van der Waals surface area (Å²) >= 11 is 0. The zero-order chi connectivity index (χ0) is 5.41. The molecule has 0 aromatic rings. The lowest BCUT2D eigenvalue weighted by Crippen LogP contribution is -1.89. The maximum atomic E-state index is 4.53. The minimum absolute atomic E-state index is 0.931. The second-order valence-corrected chi connectivity index (χ2v) is 4.17. The Hall–Kier alpha value is 0.354. The van der Waals surface area contributed by atoms with Crippen LogP contribution in [0.4, 0.5) is 0 Å². The van der Waals surface area contributed by atoms with Gasteiger partial charge in [-0.05, 0) is 14.1 Å². The second-order valence-electron chi connectivity index (χ2n) is 0.908. The summed E-state index contributed by atoms with van der Waals surface area (Å²) in [4.78, 5) is 0. The van der Waals surface area contributed by atoms with E-state index in [0.29, 0.717) is 0 Å². The Morgan fingerprint density at radius 2 is 1.33 bits per heavy atom. The van der Waals surface area contributed by atoms with Crippen LogP contribution in [0.2, 0.25) is 0 Å². The number of rotatable bonds is 0. The van der Waals surface area contributed by atoms with Crippen molar-refractivity contribution in [1.82, 2.24) is 5.32 Å². The van der Waals surface area contributed by atoms with Gasteiger partial charge in [0.05, 0.1) is 0 Å². The fraction of sp³-hybridized carbons (Fsp3) is 1.00. The monoisotopic (exact) mass is 123 g/mol. The topological polar surface area (TPSA) is 21.3 Å². The van der Waals surface area contributed by atoms with Crippen molar-refractivity contribution in [3.05, 3.63) is 0 Å². The molecule has 0 saturated heterocycles. The van der Waals surface area contributed by atoms with E-state index in [1.165, 1.54) is 0 Å². The van der Waals surface area contributed by atoms with Gasteiger partial charge in [-0.15, -0.1) is 0 Å². The molecule has 0 aliphatic heterocycles. The van der Waals surface area contributed by atoms with Crippen molar-refractivity contribution in [1.29, 1.82) is 0 Å². The summed E-state index contributed by atoms with van der Waals surface area (Å²) in [6.45, 7) is 0. The van der Waals surface area contributed by atoms with Crippen LogP contribution in [-0.4, -0.2) is 35.1 Å². The van der Waals surface area contributed by atoms with Gasteiger partial charge in [-0.2, -0.15) is 0 Å². The molecule has 4 heteroatoms. The average Bonchev–Trinajstić information content (AvgIpc) is 1.39. The van der Waals surface area contributed by atoms with Crippen LogP contribution >= 0.6 is 0 Å². The standard InChI is InChI=1S/C2H7N.H6OSi2/c1-3-2;2-1-3/h3H,1-2H3;2-3H3. The highest BCUT2D eigenvalue weighted by atomic mass is 28.3. The van der Waals surface area contributed by atoms with Crippen molar-refractivity contribution in [3.8, 4) is 0 Å². The highest BCUT2D eigenvalue weighted by Crippen LogP contribution is 1.20. The fourth-order valence-corrected chi connectivity index (χ4v) is 0.